The first-order valence-electron chi connectivity index (χ1n) is 16.0. The summed E-state index contributed by atoms with van der Waals surface area (Å²) in [6, 6.07) is 1.71. The minimum absolute atomic E-state index is 0.000410. The number of esters is 2. The van der Waals surface area contributed by atoms with Gasteiger partial charge in [-0.2, -0.15) is 0 Å². The van der Waals surface area contributed by atoms with Gasteiger partial charge in [0.1, 0.15) is 48.8 Å². The lowest BCUT2D eigenvalue weighted by Gasteiger charge is -2.62. The van der Waals surface area contributed by atoms with Crippen LogP contribution in [0.4, 0.5) is 0 Å². The van der Waals surface area contributed by atoms with Gasteiger partial charge in [-0.1, -0.05) is 13.8 Å². The highest BCUT2D eigenvalue weighted by molar-refractivity contribution is 5.91. The Morgan fingerprint density at radius 2 is 1.71 bits per heavy atom. The minimum atomic E-state index is -1.79. The molecule has 5 aliphatic rings. The first-order valence-corrected chi connectivity index (χ1v) is 16.0. The second kappa shape index (κ2) is 13.3. The zero-order chi connectivity index (χ0) is 34.7. The van der Waals surface area contributed by atoms with Crippen LogP contribution in [0.3, 0.4) is 0 Å². The lowest BCUT2D eigenvalue weighted by Crippen LogP contribution is -2.66. The summed E-state index contributed by atoms with van der Waals surface area (Å²) >= 11 is 0. The van der Waals surface area contributed by atoms with E-state index < -0.39 is 115 Å². The maximum Gasteiger partial charge on any atom is 0.334 e. The molecule has 0 unspecified atom stereocenters. The van der Waals surface area contributed by atoms with Gasteiger partial charge in [-0.3, -0.25) is 4.79 Å². The molecule has 1 aromatic rings. The summed E-state index contributed by atoms with van der Waals surface area (Å²) in [7, 11) is 1.21. The van der Waals surface area contributed by atoms with Crippen LogP contribution in [0.1, 0.15) is 44.8 Å². The van der Waals surface area contributed by atoms with E-state index in [1.165, 1.54) is 25.7 Å². The Kier molecular flexibility index (Phi) is 9.82. The zero-order valence-corrected chi connectivity index (χ0v) is 26.7. The summed E-state index contributed by atoms with van der Waals surface area (Å²) in [4.78, 5) is 27.0. The topological polar surface area (TPSA) is 244 Å². The van der Waals surface area contributed by atoms with Crippen molar-refractivity contribution in [1.29, 1.82) is 0 Å². The predicted octanol–water partition coefficient (Wildman–Crippen LogP) is -1.57. The third-order valence-electron chi connectivity index (χ3n) is 11.2. The lowest BCUT2D eigenvalue weighted by molar-refractivity contribution is -0.340. The number of cyclic esters (lactones) is 1. The van der Waals surface area contributed by atoms with Crippen molar-refractivity contribution in [3.8, 4) is 0 Å². The molecule has 1 saturated carbocycles. The van der Waals surface area contributed by atoms with Gasteiger partial charge in [0.05, 0.1) is 51.0 Å². The van der Waals surface area contributed by atoms with Gasteiger partial charge in [0.25, 0.3) is 0 Å². The Labute approximate surface area is 275 Å². The monoisotopic (exact) mass is 684 g/mol. The summed E-state index contributed by atoms with van der Waals surface area (Å²) in [6.07, 6.45) is -12.0. The van der Waals surface area contributed by atoms with Crippen molar-refractivity contribution >= 4 is 11.9 Å². The van der Waals surface area contributed by atoms with Crippen molar-refractivity contribution in [2.75, 3.05) is 20.3 Å². The summed E-state index contributed by atoms with van der Waals surface area (Å²) in [5, 5.41) is 73.5. The van der Waals surface area contributed by atoms with Crippen LogP contribution in [-0.2, 0) is 38.0 Å². The summed E-state index contributed by atoms with van der Waals surface area (Å²) in [5.41, 5.74) is -1.26. The smallest absolute Gasteiger partial charge is 0.334 e. The van der Waals surface area contributed by atoms with Crippen molar-refractivity contribution in [3.63, 3.8) is 0 Å². The maximum atomic E-state index is 13.7. The molecule has 16 atom stereocenters. The molecule has 7 N–H and O–H groups in total. The van der Waals surface area contributed by atoms with Crippen LogP contribution < -0.4 is 0 Å². The number of furan rings is 1. The molecule has 1 aromatic heterocycles. The highest BCUT2D eigenvalue weighted by Crippen LogP contribution is 2.65. The van der Waals surface area contributed by atoms with Crippen LogP contribution in [0, 0.1) is 22.7 Å². The molecule has 4 fully saturated rings. The van der Waals surface area contributed by atoms with E-state index in [1.807, 2.05) is 6.92 Å². The summed E-state index contributed by atoms with van der Waals surface area (Å²) < 4.78 is 39.3. The molecule has 2 aliphatic carbocycles. The van der Waals surface area contributed by atoms with Gasteiger partial charge >= 0.3 is 11.9 Å². The van der Waals surface area contributed by atoms with E-state index in [2.05, 4.69) is 0 Å². The Hall–Kier alpha value is -2.48. The SMILES string of the molecule is COC(=O)C1=C[C@H](O)C[C@H]2[C@]3(C)C[C@@H](c4ccoc4)OC(=O)[C@H]3C[C@@H](O[C@@H]3O[C@H](CO[C@@H]4OC[C@@H](O)[C@H](O)[C@H]4O)[C@@H](O)[C@H](O)[C@H]3O)[C@@]12C. The predicted molar refractivity (Wildman–Crippen MR) is 156 cm³/mol. The van der Waals surface area contributed by atoms with Crippen molar-refractivity contribution < 1.29 is 78.2 Å². The van der Waals surface area contributed by atoms with Gasteiger partial charge in [-0.15, -0.1) is 0 Å². The quantitative estimate of drug-likeness (QED) is 0.160. The highest BCUT2D eigenvalue weighted by atomic mass is 16.7. The van der Waals surface area contributed by atoms with Crippen LogP contribution in [0.25, 0.3) is 0 Å². The number of hydrogen-bond donors (Lipinski definition) is 7. The van der Waals surface area contributed by atoms with Crippen LogP contribution in [0.2, 0.25) is 0 Å². The normalized spacial score (nSPS) is 47.7. The van der Waals surface area contributed by atoms with Crippen molar-refractivity contribution in [3.05, 3.63) is 35.8 Å². The third kappa shape index (κ3) is 5.90. The van der Waals surface area contributed by atoms with E-state index in [9.17, 15) is 45.3 Å². The third-order valence-corrected chi connectivity index (χ3v) is 11.2. The Balaban J connectivity index is 1.29. The number of carbonyl (C=O) groups is 2. The Morgan fingerprint density at radius 3 is 2.40 bits per heavy atom. The largest absolute Gasteiger partial charge is 0.472 e. The number of fused-ring (bicyclic) bond motifs is 3. The molecular formula is C32H44O16. The Bertz CT molecular complexity index is 1350. The van der Waals surface area contributed by atoms with Crippen molar-refractivity contribution in [1.82, 2.24) is 0 Å². The van der Waals surface area contributed by atoms with Gasteiger partial charge in [0, 0.05) is 16.6 Å². The molecular weight excluding hydrogens is 640 g/mol. The fourth-order valence-corrected chi connectivity index (χ4v) is 8.43. The average Bonchev–Trinajstić information content (AvgIpc) is 3.60. The van der Waals surface area contributed by atoms with E-state index in [0.717, 1.165) is 0 Å². The molecule has 0 radical (unpaired) electrons. The van der Waals surface area contributed by atoms with Crippen LogP contribution in [0.5, 0.6) is 0 Å². The number of methoxy groups -OCH3 is 1. The highest BCUT2D eigenvalue weighted by Gasteiger charge is 2.67. The van der Waals surface area contributed by atoms with Gasteiger partial charge in [-0.05, 0) is 42.7 Å². The van der Waals surface area contributed by atoms with E-state index in [1.54, 1.807) is 13.0 Å². The zero-order valence-electron chi connectivity index (χ0n) is 26.7. The summed E-state index contributed by atoms with van der Waals surface area (Å²) in [5.74, 6) is -2.56. The van der Waals surface area contributed by atoms with Crippen LogP contribution >= 0.6 is 0 Å². The molecule has 268 valence electrons. The number of ether oxygens (including phenoxy) is 6. The van der Waals surface area contributed by atoms with Crippen LogP contribution in [0.15, 0.2) is 34.7 Å². The Morgan fingerprint density at radius 1 is 0.979 bits per heavy atom. The van der Waals surface area contributed by atoms with E-state index >= 15 is 0 Å². The molecule has 0 bridgehead atoms. The van der Waals surface area contributed by atoms with Gasteiger partial charge in [-0.25, -0.2) is 4.79 Å². The molecule has 0 amide bonds. The molecule has 3 saturated heterocycles. The number of aliphatic hydroxyl groups is 7. The standard InChI is InChI=1S/C32H44O16/c1-31-9-18(13-4-5-43-10-13)46-28(41)15(31)8-21(32(2)16(27(40)42-3)6-14(33)7-20(31)32)48-30-26(39)24(37)23(36)19(47-30)12-45-29-25(38)22(35)17(34)11-44-29/h4-6,10,14-15,17-26,29-30,33-39H,7-9,11-12H2,1-3H3/t14-,15+,17+,18-,19+,20-,21+,22-,23+,24-,25+,26+,29-,30-,31+,32-/m0/s1. The van der Waals surface area contributed by atoms with E-state index in [-0.39, 0.29) is 25.0 Å². The molecule has 16 heteroatoms. The second-order valence-corrected chi connectivity index (χ2v) is 13.9. The van der Waals surface area contributed by atoms with Gasteiger partial charge in [0.2, 0.25) is 0 Å². The summed E-state index contributed by atoms with van der Waals surface area (Å²) in [6.45, 7) is 2.87. The maximum absolute atomic E-state index is 13.7. The van der Waals surface area contributed by atoms with Gasteiger partial charge in [0.15, 0.2) is 12.6 Å². The fourth-order valence-electron chi connectivity index (χ4n) is 8.43. The molecule has 6 rings (SSSR count). The fraction of sp³-hybridized carbons (Fsp3) is 0.750. The van der Waals surface area contributed by atoms with E-state index in [4.69, 9.17) is 32.8 Å². The molecule has 16 nitrogen and oxygen atoms in total. The molecule has 3 aliphatic heterocycles. The van der Waals surface area contributed by atoms with E-state index in [0.29, 0.717) is 12.0 Å². The number of aliphatic hydroxyl groups excluding tert-OH is 7. The molecule has 0 aromatic carbocycles. The van der Waals surface area contributed by atoms with Gasteiger partial charge < -0.3 is 68.6 Å². The first-order chi connectivity index (χ1) is 22.7. The first kappa shape index (κ1) is 35.3. The average molecular weight is 685 g/mol. The van der Waals surface area contributed by atoms with Crippen molar-refractivity contribution in [2.45, 2.75) is 107 Å². The minimum Gasteiger partial charge on any atom is -0.472 e. The number of carbonyl (C=O) groups excluding carboxylic acids is 2. The van der Waals surface area contributed by atoms with Crippen LogP contribution in [-0.4, -0.2) is 136 Å². The second-order valence-electron chi connectivity index (χ2n) is 13.9. The molecule has 0 spiro atoms. The lowest BCUT2D eigenvalue weighted by atomic mass is 9.44. The molecule has 4 heterocycles. The number of rotatable bonds is 7. The molecule has 48 heavy (non-hydrogen) atoms. The van der Waals surface area contributed by atoms with Crippen molar-refractivity contribution in [2.24, 2.45) is 22.7 Å². The number of hydrogen-bond acceptors (Lipinski definition) is 16.